The summed E-state index contributed by atoms with van der Waals surface area (Å²) in [6.45, 7) is 2.38. The molecular weight excluding hydrogens is 196 g/mol. The molecular formula is C10H18N2O3. The van der Waals surface area contributed by atoms with E-state index in [0.29, 0.717) is 6.54 Å². The monoisotopic (exact) mass is 214 g/mol. The lowest BCUT2D eigenvalue weighted by Gasteiger charge is -2.28. The lowest BCUT2D eigenvalue weighted by atomic mass is 9.93. The predicted octanol–water partition coefficient (Wildman–Crippen LogP) is 1.09. The number of hydrogen-bond donors (Lipinski definition) is 3. The maximum Gasteiger partial charge on any atom is 0.315 e. The van der Waals surface area contributed by atoms with Crippen LogP contribution >= 0.6 is 0 Å². The van der Waals surface area contributed by atoms with E-state index in [4.69, 9.17) is 5.11 Å². The van der Waals surface area contributed by atoms with Gasteiger partial charge in [0.05, 0.1) is 12.0 Å². The van der Waals surface area contributed by atoms with Crippen molar-refractivity contribution in [3.05, 3.63) is 0 Å². The Morgan fingerprint density at radius 3 is 2.40 bits per heavy atom. The highest BCUT2D eigenvalue weighted by Crippen LogP contribution is 2.32. The van der Waals surface area contributed by atoms with E-state index in [1.165, 1.54) is 0 Å². The molecule has 0 atom stereocenters. The van der Waals surface area contributed by atoms with Crippen LogP contribution in [-0.4, -0.2) is 29.2 Å². The van der Waals surface area contributed by atoms with Crippen LogP contribution < -0.4 is 10.6 Å². The second-order valence-electron chi connectivity index (χ2n) is 4.04. The number of carboxylic acid groups (broad SMARTS) is 1. The van der Waals surface area contributed by atoms with Gasteiger partial charge in [-0.05, 0) is 19.8 Å². The zero-order valence-electron chi connectivity index (χ0n) is 9.01. The first kappa shape index (κ1) is 11.8. The predicted molar refractivity (Wildman–Crippen MR) is 55.7 cm³/mol. The molecule has 0 bridgehead atoms. The lowest BCUT2D eigenvalue weighted by Crippen LogP contribution is -2.51. The lowest BCUT2D eigenvalue weighted by molar-refractivity contribution is -0.138. The Morgan fingerprint density at radius 2 is 1.93 bits per heavy atom. The fourth-order valence-corrected chi connectivity index (χ4v) is 2.13. The minimum atomic E-state index is -0.853. The van der Waals surface area contributed by atoms with Crippen molar-refractivity contribution >= 4 is 12.0 Å². The fourth-order valence-electron chi connectivity index (χ4n) is 2.13. The van der Waals surface area contributed by atoms with Crippen molar-refractivity contribution in [3.8, 4) is 0 Å². The van der Waals surface area contributed by atoms with Crippen molar-refractivity contribution in [1.29, 1.82) is 0 Å². The molecule has 2 amide bonds. The molecule has 0 aliphatic heterocycles. The zero-order chi connectivity index (χ0) is 11.3. The highest BCUT2D eigenvalue weighted by Gasteiger charge is 2.37. The van der Waals surface area contributed by atoms with Gasteiger partial charge in [0.2, 0.25) is 0 Å². The number of nitrogens with one attached hydrogen (secondary N) is 2. The third-order valence-electron chi connectivity index (χ3n) is 2.77. The summed E-state index contributed by atoms with van der Waals surface area (Å²) in [5, 5.41) is 14.2. The minimum Gasteiger partial charge on any atom is -0.481 e. The van der Waals surface area contributed by atoms with E-state index < -0.39 is 11.5 Å². The van der Waals surface area contributed by atoms with E-state index in [1.807, 2.05) is 6.92 Å². The fraction of sp³-hybridized carbons (Fsp3) is 0.800. The Hall–Kier alpha value is -1.26. The molecule has 5 nitrogen and oxygen atoms in total. The SMILES string of the molecule is CCNC(=O)NC1(CC(=O)O)CCCC1. The Morgan fingerprint density at radius 1 is 1.33 bits per heavy atom. The highest BCUT2D eigenvalue weighted by molar-refractivity contribution is 5.76. The second-order valence-corrected chi connectivity index (χ2v) is 4.04. The van der Waals surface area contributed by atoms with Gasteiger partial charge >= 0.3 is 12.0 Å². The van der Waals surface area contributed by atoms with Gasteiger partial charge in [-0.25, -0.2) is 4.79 Å². The van der Waals surface area contributed by atoms with Gasteiger partial charge in [-0.15, -0.1) is 0 Å². The third-order valence-corrected chi connectivity index (χ3v) is 2.77. The van der Waals surface area contributed by atoms with Crippen LogP contribution in [0.2, 0.25) is 0 Å². The number of carbonyl (C=O) groups is 2. The molecule has 5 heteroatoms. The molecule has 0 saturated heterocycles. The van der Waals surface area contributed by atoms with Crippen LogP contribution in [0, 0.1) is 0 Å². The van der Waals surface area contributed by atoms with Gasteiger partial charge in [-0.1, -0.05) is 12.8 Å². The van der Waals surface area contributed by atoms with E-state index in [9.17, 15) is 9.59 Å². The number of urea groups is 1. The number of rotatable bonds is 4. The van der Waals surface area contributed by atoms with Crippen molar-refractivity contribution in [1.82, 2.24) is 10.6 Å². The molecule has 3 N–H and O–H groups in total. The number of aliphatic carboxylic acids is 1. The molecule has 15 heavy (non-hydrogen) atoms. The van der Waals surface area contributed by atoms with Crippen molar-refractivity contribution in [2.45, 2.75) is 44.6 Å². The summed E-state index contributed by atoms with van der Waals surface area (Å²) >= 11 is 0. The molecule has 0 heterocycles. The number of carboxylic acids is 1. The Kier molecular flexibility index (Phi) is 3.94. The standard InChI is InChI=1S/C10H18N2O3/c1-2-11-9(15)12-10(7-8(13)14)5-3-4-6-10/h2-7H2,1H3,(H,13,14)(H2,11,12,15). The summed E-state index contributed by atoms with van der Waals surface area (Å²) in [6, 6.07) is -0.263. The van der Waals surface area contributed by atoms with Crippen LogP contribution in [0.15, 0.2) is 0 Å². The first-order valence-electron chi connectivity index (χ1n) is 5.36. The van der Waals surface area contributed by atoms with Gasteiger partial charge in [0.15, 0.2) is 0 Å². The van der Waals surface area contributed by atoms with E-state index in [-0.39, 0.29) is 12.5 Å². The molecule has 0 unspecified atom stereocenters. The van der Waals surface area contributed by atoms with Crippen molar-refractivity contribution in [3.63, 3.8) is 0 Å². The molecule has 0 aromatic rings. The summed E-state index contributed by atoms with van der Waals surface area (Å²) in [6.07, 6.45) is 3.51. The normalized spacial score (nSPS) is 18.5. The summed E-state index contributed by atoms with van der Waals surface area (Å²) < 4.78 is 0. The summed E-state index contributed by atoms with van der Waals surface area (Å²) in [5.41, 5.74) is -0.523. The van der Waals surface area contributed by atoms with Gasteiger partial charge in [0, 0.05) is 6.54 Å². The van der Waals surface area contributed by atoms with E-state index >= 15 is 0 Å². The van der Waals surface area contributed by atoms with Crippen molar-refractivity contribution in [2.75, 3.05) is 6.54 Å². The Balaban J connectivity index is 2.56. The Labute approximate surface area is 89.2 Å². The maximum atomic E-state index is 11.4. The first-order chi connectivity index (χ1) is 7.08. The van der Waals surface area contributed by atoms with Crippen molar-refractivity contribution < 1.29 is 14.7 Å². The van der Waals surface area contributed by atoms with Gasteiger partial charge in [-0.2, -0.15) is 0 Å². The average molecular weight is 214 g/mol. The molecule has 0 aromatic carbocycles. The molecule has 0 spiro atoms. The molecule has 1 aliphatic carbocycles. The molecule has 0 radical (unpaired) electrons. The smallest absolute Gasteiger partial charge is 0.315 e. The van der Waals surface area contributed by atoms with Gasteiger partial charge < -0.3 is 15.7 Å². The van der Waals surface area contributed by atoms with Gasteiger partial charge in [0.25, 0.3) is 0 Å². The van der Waals surface area contributed by atoms with Gasteiger partial charge in [-0.3, -0.25) is 4.79 Å². The summed E-state index contributed by atoms with van der Waals surface area (Å²) in [5.74, 6) is -0.853. The quantitative estimate of drug-likeness (QED) is 0.655. The van der Waals surface area contributed by atoms with Crippen LogP contribution in [0.25, 0.3) is 0 Å². The second kappa shape index (κ2) is 5.00. The molecule has 1 aliphatic rings. The topological polar surface area (TPSA) is 78.4 Å². The molecule has 1 rings (SSSR count). The van der Waals surface area contributed by atoms with Crippen LogP contribution in [0.1, 0.15) is 39.0 Å². The first-order valence-corrected chi connectivity index (χ1v) is 5.36. The molecule has 0 aromatic heterocycles. The minimum absolute atomic E-state index is 0.0180. The number of amides is 2. The van der Waals surface area contributed by atoms with Gasteiger partial charge in [0.1, 0.15) is 0 Å². The van der Waals surface area contributed by atoms with Crippen LogP contribution in [0.3, 0.4) is 0 Å². The Bertz CT molecular complexity index is 247. The molecule has 1 saturated carbocycles. The van der Waals surface area contributed by atoms with Crippen LogP contribution in [0.5, 0.6) is 0 Å². The van der Waals surface area contributed by atoms with E-state index in [1.54, 1.807) is 0 Å². The van der Waals surface area contributed by atoms with Crippen LogP contribution in [0.4, 0.5) is 4.79 Å². The molecule has 86 valence electrons. The van der Waals surface area contributed by atoms with Crippen molar-refractivity contribution in [2.24, 2.45) is 0 Å². The van der Waals surface area contributed by atoms with E-state index in [0.717, 1.165) is 25.7 Å². The third kappa shape index (κ3) is 3.42. The maximum absolute atomic E-state index is 11.4. The molecule has 1 fully saturated rings. The van der Waals surface area contributed by atoms with E-state index in [2.05, 4.69) is 10.6 Å². The zero-order valence-corrected chi connectivity index (χ0v) is 9.01. The highest BCUT2D eigenvalue weighted by atomic mass is 16.4. The van der Waals surface area contributed by atoms with Crippen LogP contribution in [-0.2, 0) is 4.79 Å². The number of carbonyl (C=O) groups excluding carboxylic acids is 1. The average Bonchev–Trinajstić information content (AvgIpc) is 2.51. The largest absolute Gasteiger partial charge is 0.481 e. The number of hydrogen-bond acceptors (Lipinski definition) is 2. The summed E-state index contributed by atoms with van der Waals surface area (Å²) in [4.78, 5) is 22.1. The summed E-state index contributed by atoms with van der Waals surface area (Å²) in [7, 11) is 0.